The van der Waals surface area contributed by atoms with E-state index in [2.05, 4.69) is 12.2 Å². The summed E-state index contributed by atoms with van der Waals surface area (Å²) in [6.45, 7) is 3.99. The highest BCUT2D eigenvalue weighted by Gasteiger charge is 2.40. The molecule has 0 aromatic carbocycles. The molecule has 1 amide bonds. The van der Waals surface area contributed by atoms with E-state index in [1.165, 1.54) is 12.8 Å². The number of amides is 1. The van der Waals surface area contributed by atoms with Gasteiger partial charge in [0.2, 0.25) is 5.91 Å². The molecule has 4 nitrogen and oxygen atoms in total. The van der Waals surface area contributed by atoms with Crippen LogP contribution in [0.3, 0.4) is 0 Å². The summed E-state index contributed by atoms with van der Waals surface area (Å²) in [6.07, 6.45) is 8.60. The molecule has 0 spiro atoms. The fraction of sp³-hybridized carbons (Fsp3) is 0.933. The number of hydrogen-bond donors (Lipinski definition) is 2. The van der Waals surface area contributed by atoms with Crippen molar-refractivity contribution >= 4 is 5.91 Å². The number of nitrogens with one attached hydrogen (secondary N) is 1. The molecule has 0 bridgehead atoms. The second-order valence-electron chi connectivity index (χ2n) is 6.57. The first-order valence-corrected chi connectivity index (χ1v) is 7.71. The first-order chi connectivity index (χ1) is 9.10. The molecule has 0 aromatic heterocycles. The Balaban J connectivity index is 2.03. The van der Waals surface area contributed by atoms with E-state index in [-0.39, 0.29) is 16.9 Å². The lowest BCUT2D eigenvalue weighted by atomic mass is 9.78. The largest absolute Gasteiger partial charge is 0.379 e. The molecule has 2 rings (SSSR count). The number of ether oxygens (including phenoxy) is 1. The van der Waals surface area contributed by atoms with Crippen molar-refractivity contribution in [3.63, 3.8) is 0 Å². The number of carbonyl (C=O) groups is 1. The van der Waals surface area contributed by atoms with Gasteiger partial charge in [0.25, 0.3) is 0 Å². The predicted octanol–water partition coefficient (Wildman–Crippen LogP) is 1.97. The summed E-state index contributed by atoms with van der Waals surface area (Å²) in [4.78, 5) is 12.7. The topological polar surface area (TPSA) is 64.4 Å². The van der Waals surface area contributed by atoms with Gasteiger partial charge in [0, 0.05) is 13.2 Å². The minimum Gasteiger partial charge on any atom is -0.379 e. The lowest BCUT2D eigenvalue weighted by Gasteiger charge is -2.39. The van der Waals surface area contributed by atoms with E-state index in [0.29, 0.717) is 13.2 Å². The van der Waals surface area contributed by atoms with Crippen LogP contribution < -0.4 is 11.1 Å². The standard InChI is InChI=1S/C15H28N2O2/c1-14(7-6-10-19-12-14)17-13(18)15(11-16)8-4-2-3-5-9-15/h2-12,16H2,1H3,(H,17,18). The van der Waals surface area contributed by atoms with Crippen molar-refractivity contribution in [2.24, 2.45) is 11.1 Å². The Labute approximate surface area is 116 Å². The fourth-order valence-electron chi connectivity index (χ4n) is 3.37. The predicted molar refractivity (Wildman–Crippen MR) is 75.8 cm³/mol. The van der Waals surface area contributed by atoms with Gasteiger partial charge in [-0.15, -0.1) is 0 Å². The zero-order chi connectivity index (χ0) is 13.8. The van der Waals surface area contributed by atoms with Crippen LogP contribution in [0.4, 0.5) is 0 Å². The molecule has 3 N–H and O–H groups in total. The fourth-order valence-corrected chi connectivity index (χ4v) is 3.37. The highest BCUT2D eigenvalue weighted by molar-refractivity contribution is 5.83. The Bertz CT molecular complexity index is 303. The molecule has 19 heavy (non-hydrogen) atoms. The third-order valence-corrected chi connectivity index (χ3v) is 4.79. The third-order valence-electron chi connectivity index (χ3n) is 4.79. The molecular formula is C15H28N2O2. The zero-order valence-electron chi connectivity index (χ0n) is 12.2. The minimum atomic E-state index is -0.336. The Hall–Kier alpha value is -0.610. The van der Waals surface area contributed by atoms with Gasteiger partial charge in [-0.1, -0.05) is 25.7 Å². The van der Waals surface area contributed by atoms with E-state index < -0.39 is 0 Å². The summed E-state index contributed by atoms with van der Waals surface area (Å²) in [6, 6.07) is 0. The first-order valence-electron chi connectivity index (χ1n) is 7.71. The third kappa shape index (κ3) is 3.48. The SMILES string of the molecule is CC1(NC(=O)C2(CN)CCCCCC2)CCCOC1. The van der Waals surface area contributed by atoms with Gasteiger partial charge < -0.3 is 15.8 Å². The van der Waals surface area contributed by atoms with E-state index >= 15 is 0 Å². The van der Waals surface area contributed by atoms with Crippen molar-refractivity contribution in [2.75, 3.05) is 19.8 Å². The van der Waals surface area contributed by atoms with Crippen molar-refractivity contribution in [1.82, 2.24) is 5.32 Å². The zero-order valence-corrected chi connectivity index (χ0v) is 12.2. The summed E-state index contributed by atoms with van der Waals surface area (Å²) in [7, 11) is 0. The molecule has 1 heterocycles. The highest BCUT2D eigenvalue weighted by atomic mass is 16.5. The normalized spacial score (nSPS) is 31.5. The Morgan fingerprint density at radius 2 is 1.84 bits per heavy atom. The second kappa shape index (κ2) is 6.23. The van der Waals surface area contributed by atoms with E-state index in [1.54, 1.807) is 0 Å². The van der Waals surface area contributed by atoms with E-state index in [4.69, 9.17) is 10.5 Å². The van der Waals surface area contributed by atoms with Crippen molar-refractivity contribution in [2.45, 2.75) is 63.8 Å². The molecule has 4 heteroatoms. The van der Waals surface area contributed by atoms with Gasteiger partial charge in [0.1, 0.15) is 0 Å². The molecule has 1 unspecified atom stereocenters. The van der Waals surface area contributed by atoms with Crippen LogP contribution in [0.15, 0.2) is 0 Å². The smallest absolute Gasteiger partial charge is 0.227 e. The average molecular weight is 268 g/mol. The van der Waals surface area contributed by atoms with Crippen molar-refractivity contribution < 1.29 is 9.53 Å². The van der Waals surface area contributed by atoms with Crippen LogP contribution in [0.1, 0.15) is 58.3 Å². The lowest BCUT2D eigenvalue weighted by molar-refractivity contribution is -0.135. The average Bonchev–Trinajstić information content (AvgIpc) is 2.65. The van der Waals surface area contributed by atoms with Crippen LogP contribution in [-0.2, 0) is 9.53 Å². The van der Waals surface area contributed by atoms with Gasteiger partial charge in [-0.3, -0.25) is 4.79 Å². The molecular weight excluding hydrogens is 240 g/mol. The number of rotatable bonds is 3. The highest BCUT2D eigenvalue weighted by Crippen LogP contribution is 2.35. The summed E-state index contributed by atoms with van der Waals surface area (Å²) in [5.74, 6) is 0.157. The Morgan fingerprint density at radius 1 is 1.16 bits per heavy atom. The summed E-state index contributed by atoms with van der Waals surface area (Å²) in [5.41, 5.74) is 5.42. The molecule has 1 saturated carbocycles. The van der Waals surface area contributed by atoms with Crippen LogP contribution in [0.2, 0.25) is 0 Å². The summed E-state index contributed by atoms with van der Waals surface area (Å²) < 4.78 is 5.52. The van der Waals surface area contributed by atoms with Gasteiger partial charge in [-0.2, -0.15) is 0 Å². The van der Waals surface area contributed by atoms with Gasteiger partial charge in [-0.05, 0) is 32.6 Å². The summed E-state index contributed by atoms with van der Waals surface area (Å²) >= 11 is 0. The van der Waals surface area contributed by atoms with Crippen molar-refractivity contribution in [3.8, 4) is 0 Å². The second-order valence-corrected chi connectivity index (χ2v) is 6.57. The van der Waals surface area contributed by atoms with Gasteiger partial charge in [-0.25, -0.2) is 0 Å². The van der Waals surface area contributed by atoms with Crippen LogP contribution in [0.25, 0.3) is 0 Å². The number of hydrogen-bond acceptors (Lipinski definition) is 3. The van der Waals surface area contributed by atoms with Gasteiger partial charge in [0.15, 0.2) is 0 Å². The maximum absolute atomic E-state index is 12.7. The van der Waals surface area contributed by atoms with Crippen molar-refractivity contribution in [1.29, 1.82) is 0 Å². The maximum Gasteiger partial charge on any atom is 0.227 e. The van der Waals surface area contributed by atoms with Crippen LogP contribution >= 0.6 is 0 Å². The van der Waals surface area contributed by atoms with E-state index in [9.17, 15) is 4.79 Å². The van der Waals surface area contributed by atoms with E-state index in [0.717, 1.165) is 45.1 Å². The molecule has 1 aliphatic carbocycles. The molecule has 110 valence electrons. The molecule has 1 aliphatic heterocycles. The van der Waals surface area contributed by atoms with E-state index in [1.807, 2.05) is 0 Å². The van der Waals surface area contributed by atoms with Crippen LogP contribution in [0.5, 0.6) is 0 Å². The number of carbonyl (C=O) groups excluding carboxylic acids is 1. The van der Waals surface area contributed by atoms with Crippen LogP contribution in [0, 0.1) is 5.41 Å². The van der Waals surface area contributed by atoms with Gasteiger partial charge in [0.05, 0.1) is 17.6 Å². The Kier molecular flexibility index (Phi) is 4.85. The number of nitrogens with two attached hydrogens (primary N) is 1. The molecule has 0 radical (unpaired) electrons. The molecule has 2 aliphatic rings. The van der Waals surface area contributed by atoms with Crippen molar-refractivity contribution in [3.05, 3.63) is 0 Å². The molecule has 0 aromatic rings. The molecule has 1 atom stereocenters. The Morgan fingerprint density at radius 3 is 2.37 bits per heavy atom. The monoisotopic (exact) mass is 268 g/mol. The quantitative estimate of drug-likeness (QED) is 0.769. The van der Waals surface area contributed by atoms with Crippen LogP contribution in [-0.4, -0.2) is 31.2 Å². The molecule has 1 saturated heterocycles. The lowest BCUT2D eigenvalue weighted by Crippen LogP contribution is -2.57. The minimum absolute atomic E-state index is 0.157. The molecule has 2 fully saturated rings. The van der Waals surface area contributed by atoms with Gasteiger partial charge >= 0.3 is 0 Å². The maximum atomic E-state index is 12.7. The summed E-state index contributed by atoms with van der Waals surface area (Å²) in [5, 5.41) is 3.24. The first kappa shape index (κ1) is 14.8.